The van der Waals surface area contributed by atoms with Gasteiger partial charge in [0.1, 0.15) is 11.6 Å². The van der Waals surface area contributed by atoms with E-state index in [9.17, 15) is 4.79 Å². The Kier molecular flexibility index (Phi) is 7.84. The minimum Gasteiger partial charge on any atom is -0.467 e. The van der Waals surface area contributed by atoms with Gasteiger partial charge >= 0.3 is 12.1 Å². The van der Waals surface area contributed by atoms with Gasteiger partial charge in [-0.3, -0.25) is 5.10 Å². The van der Waals surface area contributed by atoms with Crippen LogP contribution in [-0.4, -0.2) is 44.0 Å². The zero-order valence-corrected chi connectivity index (χ0v) is 15.9. The molecule has 2 heterocycles. The lowest BCUT2D eigenvalue weighted by atomic mass is 10.3. The van der Waals surface area contributed by atoms with Crippen molar-refractivity contribution in [2.75, 3.05) is 12.4 Å². The van der Waals surface area contributed by atoms with Gasteiger partial charge in [0.2, 0.25) is 0 Å². The van der Waals surface area contributed by atoms with E-state index in [4.69, 9.17) is 9.84 Å². The van der Waals surface area contributed by atoms with Crippen molar-refractivity contribution in [2.45, 2.75) is 57.4 Å². The van der Waals surface area contributed by atoms with Crippen LogP contribution < -0.4 is 15.4 Å². The Bertz CT molecular complexity index is 677. The molecule has 2 fully saturated rings. The predicted octanol–water partition coefficient (Wildman–Crippen LogP) is 3.71. The maximum atomic E-state index is 9.94. The Morgan fingerprint density at radius 2 is 1.85 bits per heavy atom. The molecule has 0 bridgehead atoms. The Hall–Kier alpha value is -2.84. The summed E-state index contributed by atoms with van der Waals surface area (Å²) in [6, 6.07) is 3.87. The van der Waals surface area contributed by atoms with E-state index in [0.717, 1.165) is 18.7 Å². The van der Waals surface area contributed by atoms with Crippen LogP contribution in [0.3, 0.4) is 0 Å². The smallest absolute Gasteiger partial charge is 0.405 e. The first-order valence-electron chi connectivity index (χ1n) is 9.15. The quantitative estimate of drug-likeness (QED) is 0.641. The Morgan fingerprint density at radius 1 is 1.19 bits per heavy atom. The first-order valence-corrected chi connectivity index (χ1v) is 9.15. The van der Waals surface area contributed by atoms with E-state index in [-0.39, 0.29) is 5.54 Å². The molecule has 9 heteroatoms. The number of carbonyl (C=O) groups is 1. The minimum atomic E-state index is -0.912. The molecule has 0 atom stereocenters. The highest BCUT2D eigenvalue weighted by atomic mass is 16.5. The van der Waals surface area contributed by atoms with Crippen LogP contribution in [0.25, 0.3) is 0 Å². The summed E-state index contributed by atoms with van der Waals surface area (Å²) < 4.78 is 4.89. The van der Waals surface area contributed by atoms with Crippen LogP contribution in [0.1, 0.15) is 51.9 Å². The average molecular weight is 376 g/mol. The lowest BCUT2D eigenvalue weighted by Crippen LogP contribution is -2.32. The number of methoxy groups -OCH3 is 1. The molecule has 0 unspecified atom stereocenters. The molecule has 0 saturated heterocycles. The van der Waals surface area contributed by atoms with Crippen molar-refractivity contribution in [1.82, 2.24) is 25.5 Å². The highest BCUT2D eigenvalue weighted by molar-refractivity contribution is 5.66. The van der Waals surface area contributed by atoms with Crippen LogP contribution in [0.5, 0.6) is 6.01 Å². The van der Waals surface area contributed by atoms with Gasteiger partial charge in [-0.25, -0.2) is 9.78 Å². The van der Waals surface area contributed by atoms with E-state index < -0.39 is 6.09 Å². The van der Waals surface area contributed by atoms with E-state index in [0.29, 0.717) is 11.8 Å². The van der Waals surface area contributed by atoms with Gasteiger partial charge < -0.3 is 20.5 Å². The minimum absolute atomic E-state index is 0.0775. The summed E-state index contributed by atoms with van der Waals surface area (Å²) in [6.07, 6.45) is 11.8. The molecule has 0 radical (unpaired) electrons. The molecular formula is C18H28N6O3. The van der Waals surface area contributed by atoms with Gasteiger partial charge in [0.15, 0.2) is 0 Å². The molecular weight excluding hydrogens is 348 g/mol. The summed E-state index contributed by atoms with van der Waals surface area (Å²) in [5.74, 6) is 1.42. The van der Waals surface area contributed by atoms with Crippen molar-refractivity contribution >= 4 is 17.7 Å². The van der Waals surface area contributed by atoms with Crippen molar-refractivity contribution < 1.29 is 14.6 Å². The van der Waals surface area contributed by atoms with Crippen LogP contribution in [0, 0.1) is 0 Å². The fraction of sp³-hybridized carbons (Fsp3) is 0.556. The first-order chi connectivity index (χ1) is 13.0. The number of hydrogen-bond acceptors (Lipinski definition) is 6. The SMILES string of the molecule is C1CCCC1.CC1(NC(=O)O)CC1.COc1nccc(Nc2ccn[nH]2)n1. The fourth-order valence-electron chi connectivity index (χ4n) is 2.43. The Morgan fingerprint density at radius 3 is 2.30 bits per heavy atom. The third kappa shape index (κ3) is 8.39. The van der Waals surface area contributed by atoms with Crippen LogP contribution >= 0.6 is 0 Å². The Balaban J connectivity index is 0.000000168. The molecule has 2 saturated carbocycles. The number of rotatable bonds is 4. The van der Waals surface area contributed by atoms with Crippen molar-refractivity contribution in [3.05, 3.63) is 24.5 Å². The normalized spacial score (nSPS) is 16.1. The molecule has 0 aliphatic heterocycles. The highest BCUT2D eigenvalue weighted by Crippen LogP contribution is 2.33. The van der Waals surface area contributed by atoms with Crippen LogP contribution in [0.15, 0.2) is 24.5 Å². The molecule has 9 nitrogen and oxygen atoms in total. The largest absolute Gasteiger partial charge is 0.467 e. The fourth-order valence-corrected chi connectivity index (χ4v) is 2.43. The molecule has 2 aromatic rings. The molecule has 1 amide bonds. The van der Waals surface area contributed by atoms with Crippen LogP contribution in [-0.2, 0) is 0 Å². The number of aromatic nitrogens is 4. The maximum Gasteiger partial charge on any atom is 0.405 e. The number of carboxylic acid groups (broad SMARTS) is 1. The monoisotopic (exact) mass is 376 g/mol. The number of aromatic amines is 1. The molecule has 4 N–H and O–H groups in total. The highest BCUT2D eigenvalue weighted by Gasteiger charge is 2.38. The molecule has 4 rings (SSSR count). The first kappa shape index (κ1) is 20.5. The van der Waals surface area contributed by atoms with E-state index in [1.54, 1.807) is 24.5 Å². The van der Waals surface area contributed by atoms with E-state index in [2.05, 4.69) is 30.8 Å². The molecule has 2 aliphatic rings. The van der Waals surface area contributed by atoms with Gasteiger partial charge in [-0.1, -0.05) is 32.1 Å². The van der Waals surface area contributed by atoms with Gasteiger partial charge in [0.05, 0.1) is 13.3 Å². The number of nitrogens with zero attached hydrogens (tertiary/aromatic N) is 3. The van der Waals surface area contributed by atoms with Crippen molar-refractivity contribution in [3.8, 4) is 6.01 Å². The van der Waals surface area contributed by atoms with Crippen molar-refractivity contribution in [1.29, 1.82) is 0 Å². The van der Waals surface area contributed by atoms with Crippen LogP contribution in [0.4, 0.5) is 16.4 Å². The zero-order valence-electron chi connectivity index (χ0n) is 15.9. The van der Waals surface area contributed by atoms with Gasteiger partial charge in [0, 0.05) is 17.8 Å². The lowest BCUT2D eigenvalue weighted by molar-refractivity contribution is 0.189. The topological polar surface area (TPSA) is 125 Å². The summed E-state index contributed by atoms with van der Waals surface area (Å²) in [5, 5.41) is 20.2. The molecule has 2 aliphatic carbocycles. The van der Waals surface area contributed by atoms with E-state index in [1.807, 2.05) is 6.92 Å². The van der Waals surface area contributed by atoms with Gasteiger partial charge in [0.25, 0.3) is 0 Å². The van der Waals surface area contributed by atoms with E-state index >= 15 is 0 Å². The number of hydrogen-bond donors (Lipinski definition) is 4. The number of ether oxygens (including phenoxy) is 1. The second-order valence-electron chi connectivity index (χ2n) is 6.78. The number of H-pyrrole nitrogens is 1. The van der Waals surface area contributed by atoms with Gasteiger partial charge in [-0.05, 0) is 25.8 Å². The second-order valence-corrected chi connectivity index (χ2v) is 6.78. The van der Waals surface area contributed by atoms with Crippen molar-refractivity contribution in [3.63, 3.8) is 0 Å². The predicted molar refractivity (Wildman–Crippen MR) is 102 cm³/mol. The molecule has 2 aromatic heterocycles. The third-order valence-corrected chi connectivity index (χ3v) is 4.24. The Labute approximate surface area is 159 Å². The van der Waals surface area contributed by atoms with Gasteiger partial charge in [-0.2, -0.15) is 10.1 Å². The van der Waals surface area contributed by atoms with Crippen molar-refractivity contribution in [2.24, 2.45) is 0 Å². The number of anilines is 2. The summed E-state index contributed by atoms with van der Waals surface area (Å²) in [4.78, 5) is 17.9. The number of amides is 1. The molecule has 27 heavy (non-hydrogen) atoms. The number of nitrogens with one attached hydrogen (secondary N) is 3. The standard InChI is InChI=1S/C8H9N5O.C5H9NO2.C5H10/c1-14-8-9-4-2-6(12-8)11-7-3-5-10-13-7;1-5(2-3-5)6-4(7)8;1-2-4-5-3-1/h2-5H,1H3,(H2,9,10,11,12,13);6H,2-3H2,1H3,(H,7,8);1-5H2. The molecule has 0 aromatic carbocycles. The summed E-state index contributed by atoms with van der Waals surface area (Å²) in [7, 11) is 1.52. The molecule has 0 spiro atoms. The van der Waals surface area contributed by atoms with Crippen LogP contribution in [0.2, 0.25) is 0 Å². The van der Waals surface area contributed by atoms with Gasteiger partial charge in [-0.15, -0.1) is 0 Å². The summed E-state index contributed by atoms with van der Waals surface area (Å²) >= 11 is 0. The summed E-state index contributed by atoms with van der Waals surface area (Å²) in [6.45, 7) is 1.90. The van der Waals surface area contributed by atoms with E-state index in [1.165, 1.54) is 39.2 Å². The average Bonchev–Trinajstić information content (AvgIpc) is 3.12. The maximum absolute atomic E-state index is 9.94. The lowest BCUT2D eigenvalue weighted by Gasteiger charge is -2.04. The third-order valence-electron chi connectivity index (χ3n) is 4.24. The summed E-state index contributed by atoms with van der Waals surface area (Å²) in [5.41, 5.74) is -0.0775. The zero-order chi connectivity index (χ0) is 19.5. The molecule has 148 valence electrons. The second kappa shape index (κ2) is 10.3.